The minimum absolute atomic E-state index is 0.440. The normalized spacial score (nSPS) is 18.1. The van der Waals surface area contributed by atoms with Crippen LogP contribution in [0.4, 0.5) is 0 Å². The molecule has 6 heteroatoms. The third-order valence-corrected chi connectivity index (χ3v) is 7.04. The largest absolute Gasteiger partial charge is 0.319 e. The van der Waals surface area contributed by atoms with Gasteiger partial charge < -0.3 is 5.32 Å². The highest BCUT2D eigenvalue weighted by Crippen LogP contribution is 2.29. The number of hydrogen-bond acceptors (Lipinski definition) is 3. The molecule has 1 N–H and O–H groups in total. The summed E-state index contributed by atoms with van der Waals surface area (Å²) in [5, 5.41) is 3.17. The maximum Gasteiger partial charge on any atom is 0.243 e. The van der Waals surface area contributed by atoms with Crippen LogP contribution in [0.15, 0.2) is 21.5 Å². The Bertz CT molecular complexity index is 608. The van der Waals surface area contributed by atoms with Gasteiger partial charge >= 0.3 is 0 Å². The predicted octanol–water partition coefficient (Wildman–Crippen LogP) is 2.69. The van der Waals surface area contributed by atoms with Gasteiger partial charge in [0.25, 0.3) is 0 Å². The van der Waals surface area contributed by atoms with Crippen molar-refractivity contribution >= 4 is 26.0 Å². The lowest BCUT2D eigenvalue weighted by molar-refractivity contribution is 0.270. The first kappa shape index (κ1) is 16.9. The number of sulfonamides is 1. The van der Waals surface area contributed by atoms with E-state index in [0.717, 1.165) is 35.0 Å². The number of aryl methyl sites for hydroxylation is 2. The Balaban J connectivity index is 2.22. The van der Waals surface area contributed by atoms with Crippen LogP contribution in [0.2, 0.25) is 0 Å². The van der Waals surface area contributed by atoms with Crippen molar-refractivity contribution < 1.29 is 8.42 Å². The molecule has 1 fully saturated rings. The van der Waals surface area contributed by atoms with Gasteiger partial charge in [0.05, 0.1) is 4.90 Å². The number of hydrogen-bond donors (Lipinski definition) is 1. The molecule has 0 aromatic heterocycles. The number of nitrogens with zero attached hydrogens (tertiary/aromatic N) is 1. The van der Waals surface area contributed by atoms with E-state index in [-0.39, 0.29) is 0 Å². The molecule has 0 bridgehead atoms. The highest BCUT2D eigenvalue weighted by Gasteiger charge is 2.30. The van der Waals surface area contributed by atoms with Gasteiger partial charge in [0, 0.05) is 17.6 Å². The zero-order chi connectivity index (χ0) is 15.6. The van der Waals surface area contributed by atoms with Gasteiger partial charge in [0.1, 0.15) is 0 Å². The number of nitrogens with one attached hydrogen (secondary N) is 1. The van der Waals surface area contributed by atoms with E-state index in [1.807, 2.05) is 27.0 Å². The number of rotatable bonds is 4. The third-order valence-electron chi connectivity index (χ3n) is 4.14. The van der Waals surface area contributed by atoms with Crippen LogP contribution in [0.5, 0.6) is 0 Å². The van der Waals surface area contributed by atoms with E-state index in [9.17, 15) is 8.42 Å². The van der Waals surface area contributed by atoms with Crippen molar-refractivity contribution in [2.24, 2.45) is 5.92 Å². The van der Waals surface area contributed by atoms with Crippen LogP contribution in [-0.2, 0) is 10.0 Å². The highest BCUT2D eigenvalue weighted by molar-refractivity contribution is 9.10. The Morgan fingerprint density at radius 1 is 1.24 bits per heavy atom. The molecule has 1 aromatic rings. The molecule has 118 valence electrons. The summed E-state index contributed by atoms with van der Waals surface area (Å²) in [7, 11) is -1.44. The van der Waals surface area contributed by atoms with E-state index < -0.39 is 10.0 Å². The fraction of sp³-hybridized carbons (Fsp3) is 0.600. The topological polar surface area (TPSA) is 49.4 Å². The summed E-state index contributed by atoms with van der Waals surface area (Å²) in [6.45, 7) is 5.96. The maximum atomic E-state index is 12.8. The van der Waals surface area contributed by atoms with Crippen LogP contribution in [0.25, 0.3) is 0 Å². The monoisotopic (exact) mass is 374 g/mol. The maximum absolute atomic E-state index is 12.8. The second-order valence-corrected chi connectivity index (χ2v) is 8.53. The van der Waals surface area contributed by atoms with Gasteiger partial charge in [-0.25, -0.2) is 8.42 Å². The van der Waals surface area contributed by atoms with E-state index in [4.69, 9.17) is 0 Å². The molecule has 1 saturated heterocycles. The molecule has 2 rings (SSSR count). The number of benzene rings is 1. The van der Waals surface area contributed by atoms with Crippen molar-refractivity contribution in [3.8, 4) is 0 Å². The zero-order valence-corrected chi connectivity index (χ0v) is 15.2. The summed E-state index contributed by atoms with van der Waals surface area (Å²) in [5.74, 6) is 0.578. The molecular weight excluding hydrogens is 352 g/mol. The molecule has 0 amide bonds. The minimum atomic E-state index is -3.38. The molecule has 0 radical (unpaired) electrons. The predicted molar refractivity (Wildman–Crippen MR) is 89.0 cm³/mol. The average molecular weight is 375 g/mol. The van der Waals surface area contributed by atoms with Crippen molar-refractivity contribution in [3.63, 3.8) is 0 Å². The van der Waals surface area contributed by atoms with Crippen molar-refractivity contribution in [2.75, 3.05) is 26.7 Å². The van der Waals surface area contributed by atoms with Gasteiger partial charge in [0.15, 0.2) is 0 Å². The Kier molecular flexibility index (Phi) is 5.46. The van der Waals surface area contributed by atoms with Crippen molar-refractivity contribution in [2.45, 2.75) is 31.6 Å². The lowest BCUT2D eigenvalue weighted by Crippen LogP contribution is -2.40. The van der Waals surface area contributed by atoms with Crippen molar-refractivity contribution in [1.29, 1.82) is 0 Å². The lowest BCUT2D eigenvalue weighted by Gasteiger charge is -2.31. The molecule has 1 heterocycles. The van der Waals surface area contributed by atoms with Crippen LogP contribution in [0, 0.1) is 19.8 Å². The quantitative estimate of drug-likeness (QED) is 0.881. The van der Waals surface area contributed by atoms with Gasteiger partial charge in [-0.05, 0) is 69.5 Å². The molecule has 4 nitrogen and oxygen atoms in total. The number of piperidine rings is 1. The smallest absolute Gasteiger partial charge is 0.243 e. The van der Waals surface area contributed by atoms with E-state index in [1.165, 1.54) is 0 Å². The van der Waals surface area contributed by atoms with Gasteiger partial charge in [0.2, 0.25) is 10.0 Å². The van der Waals surface area contributed by atoms with Crippen molar-refractivity contribution in [3.05, 3.63) is 27.7 Å². The summed E-state index contributed by atoms with van der Waals surface area (Å²) >= 11 is 3.45. The first-order chi connectivity index (χ1) is 9.86. The Morgan fingerprint density at radius 2 is 1.86 bits per heavy atom. The van der Waals surface area contributed by atoms with E-state index in [1.54, 1.807) is 10.4 Å². The molecule has 1 aromatic carbocycles. The zero-order valence-electron chi connectivity index (χ0n) is 12.8. The molecule has 1 aliphatic heterocycles. The Morgan fingerprint density at radius 3 is 2.43 bits per heavy atom. The summed E-state index contributed by atoms with van der Waals surface area (Å²) in [6, 6.07) is 3.66. The van der Waals surface area contributed by atoms with Crippen LogP contribution in [0.3, 0.4) is 0 Å². The minimum Gasteiger partial charge on any atom is -0.319 e. The first-order valence-corrected chi connectivity index (χ1v) is 9.51. The second kappa shape index (κ2) is 6.77. The average Bonchev–Trinajstić information content (AvgIpc) is 2.43. The fourth-order valence-corrected chi connectivity index (χ4v) is 5.03. The van der Waals surface area contributed by atoms with E-state index in [2.05, 4.69) is 21.2 Å². The Labute approximate surface area is 136 Å². The highest BCUT2D eigenvalue weighted by atomic mass is 79.9. The first-order valence-electron chi connectivity index (χ1n) is 7.27. The van der Waals surface area contributed by atoms with Crippen LogP contribution in [-0.4, -0.2) is 39.4 Å². The van der Waals surface area contributed by atoms with Crippen LogP contribution < -0.4 is 5.32 Å². The molecule has 0 saturated carbocycles. The molecule has 1 aliphatic rings. The molecule has 0 unspecified atom stereocenters. The SMILES string of the molecule is CNCC1CCN(S(=O)(=O)c2cc(C)c(Br)cc2C)CC1. The molecule has 21 heavy (non-hydrogen) atoms. The van der Waals surface area contributed by atoms with E-state index >= 15 is 0 Å². The second-order valence-electron chi connectivity index (χ2n) is 5.77. The Hall–Kier alpha value is -0.430. The van der Waals surface area contributed by atoms with Gasteiger partial charge in [-0.3, -0.25) is 0 Å². The molecule has 0 spiro atoms. The summed E-state index contributed by atoms with van der Waals surface area (Å²) in [6.07, 6.45) is 1.85. The van der Waals surface area contributed by atoms with Gasteiger partial charge in [-0.2, -0.15) is 4.31 Å². The number of halogens is 1. The van der Waals surface area contributed by atoms with E-state index in [0.29, 0.717) is 23.9 Å². The lowest BCUT2D eigenvalue weighted by atomic mass is 9.98. The molecule has 0 atom stereocenters. The van der Waals surface area contributed by atoms with Crippen molar-refractivity contribution in [1.82, 2.24) is 9.62 Å². The van der Waals surface area contributed by atoms with Gasteiger partial charge in [-0.1, -0.05) is 15.9 Å². The van der Waals surface area contributed by atoms with Gasteiger partial charge in [-0.15, -0.1) is 0 Å². The molecule has 0 aliphatic carbocycles. The summed E-state index contributed by atoms with van der Waals surface area (Å²) in [4.78, 5) is 0.440. The van der Waals surface area contributed by atoms with Crippen LogP contribution in [0.1, 0.15) is 24.0 Å². The summed E-state index contributed by atoms with van der Waals surface area (Å²) < 4.78 is 28.2. The standard InChI is InChI=1S/C15H23BrN2O2S/c1-11-9-15(12(2)8-14(11)16)21(19,20)18-6-4-13(5-7-18)10-17-3/h8-9,13,17H,4-7,10H2,1-3H3. The molecular formula is C15H23BrN2O2S. The summed E-state index contributed by atoms with van der Waals surface area (Å²) in [5.41, 5.74) is 1.74. The fourth-order valence-electron chi connectivity index (χ4n) is 2.81. The third kappa shape index (κ3) is 3.67. The van der Waals surface area contributed by atoms with Crippen LogP contribution >= 0.6 is 15.9 Å².